The normalized spacial score (nSPS) is 11.7. The zero-order valence-electron chi connectivity index (χ0n) is 20.7. The molecule has 0 saturated carbocycles. The van der Waals surface area contributed by atoms with E-state index in [0.29, 0.717) is 13.2 Å². The van der Waals surface area contributed by atoms with E-state index >= 15 is 0 Å². The molecule has 0 aliphatic rings. The minimum atomic E-state index is -0.181. The van der Waals surface area contributed by atoms with Gasteiger partial charge in [-0.25, -0.2) is 0 Å². The minimum Gasteiger partial charge on any atom is -0.493 e. The van der Waals surface area contributed by atoms with Crippen LogP contribution < -0.4 is 10.1 Å². The Morgan fingerprint density at radius 3 is 2.64 bits per heavy atom. The molecule has 0 radical (unpaired) electrons. The van der Waals surface area contributed by atoms with Crippen LogP contribution in [0.15, 0.2) is 89.7 Å². The molecule has 0 fully saturated rings. The number of hydrogen-bond donors (Lipinski definition) is 1. The van der Waals surface area contributed by atoms with Crippen LogP contribution in [-0.4, -0.2) is 17.5 Å². The van der Waals surface area contributed by atoms with E-state index in [1.165, 1.54) is 5.39 Å². The summed E-state index contributed by atoms with van der Waals surface area (Å²) in [5.74, 6) is 0.551. The second-order valence-electron chi connectivity index (χ2n) is 8.73. The van der Waals surface area contributed by atoms with E-state index in [-0.39, 0.29) is 5.91 Å². The van der Waals surface area contributed by atoms with Gasteiger partial charge in [0.25, 0.3) is 0 Å². The molecule has 0 unspecified atom stereocenters. The van der Waals surface area contributed by atoms with Crippen LogP contribution in [0.1, 0.15) is 30.7 Å². The first-order valence-corrected chi connectivity index (χ1v) is 12.1. The molecule has 5 nitrogen and oxygen atoms in total. The Hall–Kier alpha value is -4.38. The molecule has 36 heavy (non-hydrogen) atoms. The number of ether oxygens (including phenoxy) is 1. The van der Waals surface area contributed by atoms with Crippen molar-refractivity contribution in [3.63, 3.8) is 0 Å². The lowest BCUT2D eigenvalue weighted by atomic mass is 9.94. The van der Waals surface area contributed by atoms with Gasteiger partial charge in [0.05, 0.1) is 25.1 Å². The van der Waals surface area contributed by atoms with Crippen LogP contribution in [0.2, 0.25) is 0 Å². The summed E-state index contributed by atoms with van der Waals surface area (Å²) in [6, 6.07) is 22.3. The van der Waals surface area contributed by atoms with Crippen LogP contribution >= 0.6 is 0 Å². The molecule has 0 saturated heterocycles. The number of nitrogens with zero attached hydrogens (tertiary/aromatic N) is 1. The van der Waals surface area contributed by atoms with Crippen molar-refractivity contribution in [2.24, 2.45) is 0 Å². The van der Waals surface area contributed by atoms with Crippen molar-refractivity contribution in [3.8, 4) is 16.9 Å². The van der Waals surface area contributed by atoms with Crippen LogP contribution in [0.5, 0.6) is 5.75 Å². The van der Waals surface area contributed by atoms with Crippen LogP contribution in [0, 0.1) is 6.92 Å². The average Bonchev–Trinajstić information content (AvgIpc) is 3.33. The summed E-state index contributed by atoms with van der Waals surface area (Å²) in [5.41, 5.74) is 6.32. The van der Waals surface area contributed by atoms with Gasteiger partial charge in [-0.15, -0.1) is 0 Å². The first kappa shape index (κ1) is 23.4. The largest absolute Gasteiger partial charge is 0.493 e. The van der Waals surface area contributed by atoms with Crippen molar-refractivity contribution in [3.05, 3.63) is 102 Å². The summed E-state index contributed by atoms with van der Waals surface area (Å²) in [6.07, 6.45) is 5.15. The molecule has 180 valence electrons. The Morgan fingerprint density at radius 1 is 1.03 bits per heavy atom. The highest BCUT2D eigenvalue weighted by Crippen LogP contribution is 2.42. The van der Waals surface area contributed by atoms with Gasteiger partial charge in [0, 0.05) is 34.3 Å². The number of benzene rings is 3. The standard InChI is InChI=1S/C31H28N2O3/c1-4-35-30-21(3)31-27(28(19-36-31)25-14-9-11-22-10-5-6-13-24(22)25)17-26(30)20(2)16-29(34)33-18-23-12-7-8-15-32-23/h5-17,19H,4,18H2,1-3H3,(H,33,34)/b20-16+. The second-order valence-corrected chi connectivity index (χ2v) is 8.73. The number of fused-ring (bicyclic) bond motifs is 2. The molecule has 3 aromatic carbocycles. The van der Waals surface area contributed by atoms with Crippen molar-refractivity contribution < 1.29 is 13.9 Å². The summed E-state index contributed by atoms with van der Waals surface area (Å²) < 4.78 is 12.1. The Bertz CT molecular complexity index is 1580. The Balaban J connectivity index is 1.58. The third-order valence-electron chi connectivity index (χ3n) is 6.35. The van der Waals surface area contributed by atoms with E-state index in [9.17, 15) is 4.79 Å². The second kappa shape index (κ2) is 10.1. The molecule has 0 bridgehead atoms. The molecular formula is C31H28N2O3. The Morgan fingerprint density at radius 2 is 1.83 bits per heavy atom. The number of pyridine rings is 1. The first-order chi connectivity index (χ1) is 17.6. The maximum atomic E-state index is 12.7. The first-order valence-electron chi connectivity index (χ1n) is 12.1. The average molecular weight is 477 g/mol. The van der Waals surface area contributed by atoms with Crippen molar-refractivity contribution in [1.29, 1.82) is 0 Å². The van der Waals surface area contributed by atoms with Gasteiger partial charge in [-0.2, -0.15) is 0 Å². The molecule has 0 aliphatic carbocycles. The van der Waals surface area contributed by atoms with E-state index in [0.717, 1.165) is 55.6 Å². The highest BCUT2D eigenvalue weighted by molar-refractivity contribution is 6.07. The van der Waals surface area contributed by atoms with Crippen molar-refractivity contribution in [2.75, 3.05) is 6.61 Å². The molecule has 0 spiro atoms. The highest BCUT2D eigenvalue weighted by Gasteiger charge is 2.20. The number of aromatic nitrogens is 1. The van der Waals surface area contributed by atoms with Crippen molar-refractivity contribution >= 4 is 33.2 Å². The van der Waals surface area contributed by atoms with E-state index in [2.05, 4.69) is 52.8 Å². The smallest absolute Gasteiger partial charge is 0.244 e. The number of hydrogen-bond acceptors (Lipinski definition) is 4. The Kier molecular flexibility index (Phi) is 6.54. The number of allylic oxidation sites excluding steroid dienone is 1. The monoisotopic (exact) mass is 476 g/mol. The van der Waals surface area contributed by atoms with E-state index in [4.69, 9.17) is 9.15 Å². The number of carbonyl (C=O) groups is 1. The molecule has 2 aromatic heterocycles. The van der Waals surface area contributed by atoms with Gasteiger partial charge in [0.2, 0.25) is 5.91 Å². The van der Waals surface area contributed by atoms with Crippen LogP contribution in [0.25, 0.3) is 38.4 Å². The van der Waals surface area contributed by atoms with Gasteiger partial charge in [-0.1, -0.05) is 48.5 Å². The molecule has 2 heterocycles. The minimum absolute atomic E-state index is 0.181. The summed E-state index contributed by atoms with van der Waals surface area (Å²) in [4.78, 5) is 17.0. The molecule has 0 atom stereocenters. The fourth-order valence-corrected chi connectivity index (χ4v) is 4.61. The number of rotatable bonds is 7. The molecule has 1 N–H and O–H groups in total. The van der Waals surface area contributed by atoms with E-state index < -0.39 is 0 Å². The maximum absolute atomic E-state index is 12.7. The predicted octanol–water partition coefficient (Wildman–Crippen LogP) is 7.07. The van der Waals surface area contributed by atoms with Crippen molar-refractivity contribution in [1.82, 2.24) is 10.3 Å². The van der Waals surface area contributed by atoms with Gasteiger partial charge >= 0.3 is 0 Å². The molecular weight excluding hydrogens is 448 g/mol. The summed E-state index contributed by atoms with van der Waals surface area (Å²) in [5, 5.41) is 6.25. The number of amides is 1. The Labute approximate surface area is 210 Å². The third-order valence-corrected chi connectivity index (χ3v) is 6.35. The number of nitrogens with one attached hydrogen (secondary N) is 1. The zero-order valence-corrected chi connectivity index (χ0v) is 20.7. The van der Waals surface area contributed by atoms with Crippen LogP contribution in [0.4, 0.5) is 0 Å². The highest BCUT2D eigenvalue weighted by atomic mass is 16.5. The summed E-state index contributed by atoms with van der Waals surface area (Å²) in [7, 11) is 0. The fourth-order valence-electron chi connectivity index (χ4n) is 4.61. The quantitative estimate of drug-likeness (QED) is 0.255. The van der Waals surface area contributed by atoms with E-state index in [1.807, 2.05) is 51.3 Å². The molecule has 1 amide bonds. The van der Waals surface area contributed by atoms with Gasteiger partial charge in [0.1, 0.15) is 11.3 Å². The molecule has 5 rings (SSSR count). The van der Waals surface area contributed by atoms with Crippen LogP contribution in [-0.2, 0) is 11.3 Å². The number of carbonyl (C=O) groups excluding carboxylic acids is 1. The van der Waals surface area contributed by atoms with Gasteiger partial charge in [0.15, 0.2) is 0 Å². The van der Waals surface area contributed by atoms with Gasteiger partial charge in [-0.05, 0) is 60.9 Å². The van der Waals surface area contributed by atoms with Gasteiger partial charge in [-0.3, -0.25) is 9.78 Å². The fraction of sp³-hybridized carbons (Fsp3) is 0.161. The molecule has 0 aliphatic heterocycles. The lowest BCUT2D eigenvalue weighted by molar-refractivity contribution is -0.116. The maximum Gasteiger partial charge on any atom is 0.244 e. The topological polar surface area (TPSA) is 64.4 Å². The number of furan rings is 1. The van der Waals surface area contributed by atoms with Gasteiger partial charge < -0.3 is 14.5 Å². The zero-order chi connectivity index (χ0) is 25.1. The lowest BCUT2D eigenvalue weighted by Gasteiger charge is -2.15. The number of aryl methyl sites for hydroxylation is 1. The molecule has 5 heteroatoms. The van der Waals surface area contributed by atoms with E-state index in [1.54, 1.807) is 12.3 Å². The van der Waals surface area contributed by atoms with Crippen LogP contribution in [0.3, 0.4) is 0 Å². The summed E-state index contributed by atoms with van der Waals surface area (Å²) in [6.45, 7) is 6.76. The third kappa shape index (κ3) is 4.48. The predicted molar refractivity (Wildman–Crippen MR) is 145 cm³/mol. The summed E-state index contributed by atoms with van der Waals surface area (Å²) >= 11 is 0. The molecule has 5 aromatic rings. The van der Waals surface area contributed by atoms with Crippen molar-refractivity contribution in [2.45, 2.75) is 27.3 Å². The lowest BCUT2D eigenvalue weighted by Crippen LogP contribution is -2.21. The SMILES string of the molecule is CCOc1c(/C(C)=C/C(=O)NCc2ccccn2)cc2c(-c3cccc4ccccc34)coc2c1C.